The number of rotatable bonds is 4. The second-order valence-corrected chi connectivity index (χ2v) is 12.5. The van der Waals surface area contributed by atoms with Crippen LogP contribution in [0.25, 0.3) is 0 Å². The molecule has 0 spiro atoms. The van der Waals surface area contributed by atoms with E-state index in [1.807, 2.05) is 0 Å². The molecule has 0 aromatic rings. The maximum absolute atomic E-state index is 16.9. The first-order valence-electron chi connectivity index (χ1n) is 12.6. The number of ketones is 2. The molecule has 4 aliphatic rings. The van der Waals surface area contributed by atoms with Crippen molar-refractivity contribution in [3.05, 3.63) is 23.8 Å². The number of hydrogen-bond acceptors (Lipinski definition) is 6. The number of allylic oxidation sites excluding steroid dienone is 4. The fraction of sp³-hybridized carbons (Fsp3) is 0.778. The zero-order chi connectivity index (χ0) is 26.6. The van der Waals surface area contributed by atoms with E-state index in [0.29, 0.717) is 24.8 Å². The Kier molecular flexibility index (Phi) is 7.34. The molecule has 3 fully saturated rings. The molecular formula is C27H43FNO6+. The molecule has 0 aliphatic heterocycles. The highest BCUT2D eigenvalue weighted by atomic mass is 19.1. The minimum atomic E-state index is -1.98. The molecule has 0 amide bonds. The molecule has 4 aliphatic carbocycles. The SMILES string of the molecule is C[C@@H]1C[C@H]2[C@@H]3CCC4=CC(=O)C=C[C@]4(C)[C@@]3(F)[C@@H](O)C[C@]2(C)[C@@]1(O)C(=O)CO.C[N+](C)(C)CCO. The first-order valence-corrected chi connectivity index (χ1v) is 12.6. The minimum absolute atomic E-state index is 0.0676. The van der Waals surface area contributed by atoms with Gasteiger partial charge in [0, 0.05) is 16.7 Å². The number of quaternary nitrogens is 1. The van der Waals surface area contributed by atoms with Gasteiger partial charge in [0.25, 0.3) is 0 Å². The van der Waals surface area contributed by atoms with Gasteiger partial charge in [-0.05, 0) is 56.6 Å². The summed E-state index contributed by atoms with van der Waals surface area (Å²) in [5, 5.41) is 40.3. The highest BCUT2D eigenvalue weighted by Gasteiger charge is 2.75. The number of Topliss-reactive ketones (excluding diaryl/α,β-unsaturated/α-hetero) is 1. The molecule has 4 rings (SSSR count). The van der Waals surface area contributed by atoms with Crippen LogP contribution in [-0.4, -0.2) is 94.8 Å². The number of aliphatic hydroxyl groups excluding tert-OH is 3. The van der Waals surface area contributed by atoms with Gasteiger partial charge in [-0.2, -0.15) is 0 Å². The molecule has 7 nitrogen and oxygen atoms in total. The van der Waals surface area contributed by atoms with Gasteiger partial charge in [-0.25, -0.2) is 4.39 Å². The Morgan fingerprint density at radius 3 is 2.34 bits per heavy atom. The fourth-order valence-electron chi connectivity index (χ4n) is 7.56. The average Bonchev–Trinajstić information content (AvgIpc) is 2.96. The van der Waals surface area contributed by atoms with Crippen molar-refractivity contribution in [3.63, 3.8) is 0 Å². The van der Waals surface area contributed by atoms with Crippen molar-refractivity contribution in [2.75, 3.05) is 40.9 Å². The van der Waals surface area contributed by atoms with Gasteiger partial charge in [-0.3, -0.25) is 9.59 Å². The number of hydrogen-bond donors (Lipinski definition) is 4. The van der Waals surface area contributed by atoms with Gasteiger partial charge in [0.05, 0.1) is 33.9 Å². The van der Waals surface area contributed by atoms with Crippen LogP contribution in [0.15, 0.2) is 23.8 Å². The predicted octanol–water partition coefficient (Wildman–Crippen LogP) is 1.58. The second-order valence-electron chi connectivity index (χ2n) is 12.5. The van der Waals surface area contributed by atoms with E-state index in [1.54, 1.807) is 26.8 Å². The van der Waals surface area contributed by atoms with Gasteiger partial charge in [0.2, 0.25) is 0 Å². The highest BCUT2D eigenvalue weighted by molar-refractivity contribution is 6.01. The third-order valence-corrected chi connectivity index (χ3v) is 9.56. The van der Waals surface area contributed by atoms with Crippen molar-refractivity contribution in [1.82, 2.24) is 0 Å². The normalized spacial score (nSPS) is 44.4. The number of aliphatic hydroxyl groups is 4. The molecule has 0 heterocycles. The van der Waals surface area contributed by atoms with Crippen LogP contribution in [0.2, 0.25) is 0 Å². The van der Waals surface area contributed by atoms with Crippen molar-refractivity contribution in [2.24, 2.45) is 28.6 Å². The van der Waals surface area contributed by atoms with Crippen LogP contribution in [0.3, 0.4) is 0 Å². The number of carbonyl (C=O) groups excluding carboxylic acids is 2. The maximum atomic E-state index is 16.9. The van der Waals surface area contributed by atoms with Crippen molar-refractivity contribution < 1.29 is 38.9 Å². The Morgan fingerprint density at radius 2 is 1.83 bits per heavy atom. The van der Waals surface area contributed by atoms with E-state index in [2.05, 4.69) is 21.1 Å². The summed E-state index contributed by atoms with van der Waals surface area (Å²) < 4.78 is 17.7. The van der Waals surface area contributed by atoms with Crippen molar-refractivity contribution in [2.45, 2.75) is 63.8 Å². The molecule has 0 aromatic carbocycles. The lowest BCUT2D eigenvalue weighted by molar-refractivity contribution is -0.870. The summed E-state index contributed by atoms with van der Waals surface area (Å²) in [4.78, 5) is 24.4. The number of halogens is 1. The molecule has 8 atom stereocenters. The average molecular weight is 497 g/mol. The summed E-state index contributed by atoms with van der Waals surface area (Å²) in [7, 11) is 6.16. The van der Waals surface area contributed by atoms with E-state index >= 15 is 4.39 Å². The van der Waals surface area contributed by atoms with Crippen molar-refractivity contribution >= 4 is 11.6 Å². The minimum Gasteiger partial charge on any atom is -0.391 e. The fourth-order valence-corrected chi connectivity index (χ4v) is 7.56. The van der Waals surface area contributed by atoms with Crippen LogP contribution in [0.1, 0.15) is 46.5 Å². The molecule has 0 radical (unpaired) electrons. The standard InChI is InChI=1S/C22H29FO5.C5H14NO/c1-12-8-16-15-5-4-13-9-14(25)6-7-19(13,2)21(15,23)17(26)10-20(16,3)22(12,28)18(27)11-24;1-6(2,3)4-5-7/h6-7,9,12,15-17,24,26,28H,4-5,8,10-11H2,1-3H3;7H,4-5H2,1-3H3/q;+1/t12-,15+,16+,17+,19+,20+,21+,22+;/m1./s1. The Hall–Kier alpha value is -1.45. The van der Waals surface area contributed by atoms with Crippen LogP contribution < -0.4 is 0 Å². The van der Waals surface area contributed by atoms with Crippen molar-refractivity contribution in [1.29, 1.82) is 0 Å². The van der Waals surface area contributed by atoms with E-state index in [-0.39, 0.29) is 24.7 Å². The summed E-state index contributed by atoms with van der Waals surface area (Å²) in [6, 6.07) is 0. The van der Waals surface area contributed by atoms with E-state index in [9.17, 15) is 24.9 Å². The van der Waals surface area contributed by atoms with Crippen LogP contribution in [0.5, 0.6) is 0 Å². The molecule has 4 N–H and O–H groups in total. The zero-order valence-electron chi connectivity index (χ0n) is 21.9. The Bertz CT molecular complexity index is 927. The summed E-state index contributed by atoms with van der Waals surface area (Å²) >= 11 is 0. The quantitative estimate of drug-likeness (QED) is 0.440. The van der Waals surface area contributed by atoms with E-state index < -0.39 is 52.4 Å². The number of alkyl halides is 1. The number of likely N-dealkylation sites (N-methyl/N-ethyl adjacent to an activating group) is 1. The van der Waals surface area contributed by atoms with Crippen LogP contribution in [0, 0.1) is 28.6 Å². The van der Waals surface area contributed by atoms with Crippen LogP contribution in [0.4, 0.5) is 4.39 Å². The molecule has 0 saturated heterocycles. The van der Waals surface area contributed by atoms with Gasteiger partial charge in [0.15, 0.2) is 17.2 Å². The van der Waals surface area contributed by atoms with Gasteiger partial charge in [-0.15, -0.1) is 0 Å². The summed E-state index contributed by atoms with van der Waals surface area (Å²) in [5.41, 5.74) is -5.17. The lowest BCUT2D eigenvalue weighted by Gasteiger charge is -2.62. The number of carbonyl (C=O) groups is 2. The summed E-state index contributed by atoms with van der Waals surface area (Å²) in [5.74, 6) is -2.12. The lowest BCUT2D eigenvalue weighted by atomic mass is 9.44. The van der Waals surface area contributed by atoms with Gasteiger partial charge >= 0.3 is 0 Å². The molecule has 3 saturated carbocycles. The number of fused-ring (bicyclic) bond motifs is 5. The van der Waals surface area contributed by atoms with Crippen LogP contribution in [-0.2, 0) is 9.59 Å². The third-order valence-electron chi connectivity index (χ3n) is 9.56. The Balaban J connectivity index is 0.000000429. The molecule has 0 aromatic heterocycles. The summed E-state index contributed by atoms with van der Waals surface area (Å²) in [6.45, 7) is 5.59. The van der Waals surface area contributed by atoms with E-state index in [4.69, 9.17) is 5.11 Å². The maximum Gasteiger partial charge on any atom is 0.190 e. The van der Waals surface area contributed by atoms with E-state index in [0.717, 1.165) is 11.0 Å². The molecular weight excluding hydrogens is 453 g/mol. The van der Waals surface area contributed by atoms with Crippen molar-refractivity contribution in [3.8, 4) is 0 Å². The second kappa shape index (κ2) is 9.14. The van der Waals surface area contributed by atoms with Gasteiger partial charge < -0.3 is 24.9 Å². The monoisotopic (exact) mass is 496 g/mol. The van der Waals surface area contributed by atoms with Gasteiger partial charge in [-0.1, -0.05) is 25.5 Å². The first-order chi connectivity index (χ1) is 16.0. The van der Waals surface area contributed by atoms with Crippen LogP contribution >= 0.6 is 0 Å². The number of nitrogens with zero attached hydrogens (tertiary/aromatic N) is 1. The zero-order valence-corrected chi connectivity index (χ0v) is 21.9. The predicted molar refractivity (Wildman–Crippen MR) is 130 cm³/mol. The molecule has 35 heavy (non-hydrogen) atoms. The molecule has 198 valence electrons. The molecule has 8 heteroatoms. The smallest absolute Gasteiger partial charge is 0.190 e. The molecule has 0 bridgehead atoms. The topological polar surface area (TPSA) is 115 Å². The van der Waals surface area contributed by atoms with E-state index in [1.165, 1.54) is 12.2 Å². The highest BCUT2D eigenvalue weighted by Crippen LogP contribution is 2.70. The Labute approximate surface area is 207 Å². The Morgan fingerprint density at radius 1 is 1.20 bits per heavy atom. The molecule has 0 unspecified atom stereocenters. The summed E-state index contributed by atoms with van der Waals surface area (Å²) in [6.07, 6.45) is 4.44. The third kappa shape index (κ3) is 4.06. The lowest BCUT2D eigenvalue weighted by Crippen LogP contribution is -2.69. The van der Waals surface area contributed by atoms with Gasteiger partial charge in [0.1, 0.15) is 18.8 Å². The largest absolute Gasteiger partial charge is 0.391 e. The first kappa shape index (κ1) is 28.1.